The number of aliphatic hydroxyl groups excluding tert-OH is 1. The zero-order valence-electron chi connectivity index (χ0n) is 30.6. The van der Waals surface area contributed by atoms with Crippen molar-refractivity contribution in [1.82, 2.24) is 4.90 Å². The van der Waals surface area contributed by atoms with Crippen molar-refractivity contribution in [2.75, 3.05) is 39.5 Å². The Morgan fingerprint density at radius 3 is 2.40 bits per heavy atom. The molecule has 0 aromatic carbocycles. The normalized spacial score (nSPS) is 53.1. The minimum atomic E-state index is -1.01. The van der Waals surface area contributed by atoms with Crippen LogP contribution in [-0.4, -0.2) is 103 Å². The third-order valence-corrected chi connectivity index (χ3v) is 16.7. The summed E-state index contributed by atoms with van der Waals surface area (Å²) in [5, 5.41) is 23.7. The fourth-order valence-corrected chi connectivity index (χ4v) is 14.4. The highest BCUT2D eigenvalue weighted by Crippen LogP contribution is 2.89. The number of hydrogen-bond donors (Lipinski definition) is 2. The van der Waals surface area contributed by atoms with Gasteiger partial charge in [0, 0.05) is 18.6 Å². The number of morpholine rings is 1. The molecular weight excluding hydrogens is 594 g/mol. The van der Waals surface area contributed by atoms with Gasteiger partial charge in [-0.3, -0.25) is 4.90 Å². The van der Waals surface area contributed by atoms with Crippen LogP contribution in [0.4, 0.5) is 0 Å². The molecule has 268 valence electrons. The van der Waals surface area contributed by atoms with E-state index in [1.807, 2.05) is 20.8 Å². The van der Waals surface area contributed by atoms with Gasteiger partial charge >= 0.3 is 0 Å². The van der Waals surface area contributed by atoms with Gasteiger partial charge in [-0.25, -0.2) is 0 Å². The number of ether oxygens (including phenoxy) is 5. The largest absolute Gasteiger partial charge is 0.390 e. The van der Waals surface area contributed by atoms with Crippen molar-refractivity contribution in [2.24, 2.45) is 50.7 Å². The number of aliphatic hydroxyl groups is 2. The van der Waals surface area contributed by atoms with Gasteiger partial charge in [0.15, 0.2) is 6.29 Å². The van der Waals surface area contributed by atoms with E-state index < -0.39 is 17.8 Å². The SMILES string of the molecule is CCO[C@@H]([C@H]1C[C@@H](C)[C@H]2[C@H](O1)[C@H](O)[C@@]1(C)C3CC[C@H]4C(C)(C)[C@@H](O[C@H]5CN(C6COC6)CCO5)CC[C@@]45C[C@@]35CC[C@]21C)C(C)(C)O. The fraction of sp³-hybridized carbons (Fsp3) is 1.00. The van der Waals surface area contributed by atoms with Crippen LogP contribution >= 0.6 is 0 Å². The summed E-state index contributed by atoms with van der Waals surface area (Å²) in [5.74, 6) is 1.85. The van der Waals surface area contributed by atoms with E-state index in [2.05, 4.69) is 39.5 Å². The summed E-state index contributed by atoms with van der Waals surface area (Å²) in [7, 11) is 0. The van der Waals surface area contributed by atoms with Crippen molar-refractivity contribution in [3.05, 3.63) is 0 Å². The van der Waals surface area contributed by atoms with Crippen LogP contribution in [0.3, 0.4) is 0 Å². The van der Waals surface area contributed by atoms with E-state index in [0.717, 1.165) is 45.8 Å². The van der Waals surface area contributed by atoms with Crippen molar-refractivity contribution in [2.45, 2.75) is 155 Å². The van der Waals surface area contributed by atoms with Gasteiger partial charge in [-0.1, -0.05) is 34.6 Å². The second kappa shape index (κ2) is 11.1. The average molecular weight is 660 g/mol. The zero-order chi connectivity index (χ0) is 33.4. The molecular formula is C39H65NO7. The lowest BCUT2D eigenvalue weighted by molar-refractivity contribution is -0.256. The molecule has 8 heteroatoms. The second-order valence-corrected chi connectivity index (χ2v) is 19.2. The smallest absolute Gasteiger partial charge is 0.170 e. The third-order valence-electron chi connectivity index (χ3n) is 16.7. The Balaban J connectivity index is 1.03. The molecule has 0 bridgehead atoms. The molecule has 8 fully saturated rings. The van der Waals surface area contributed by atoms with E-state index in [4.69, 9.17) is 23.7 Å². The van der Waals surface area contributed by atoms with E-state index >= 15 is 0 Å². The van der Waals surface area contributed by atoms with E-state index in [1.54, 1.807) is 0 Å². The van der Waals surface area contributed by atoms with Crippen LogP contribution < -0.4 is 0 Å². The van der Waals surface area contributed by atoms with Crippen LogP contribution in [0.15, 0.2) is 0 Å². The van der Waals surface area contributed by atoms with Crippen LogP contribution in [0.1, 0.15) is 107 Å². The Hall–Kier alpha value is -0.320. The second-order valence-electron chi connectivity index (χ2n) is 19.2. The quantitative estimate of drug-likeness (QED) is 0.375. The summed E-state index contributed by atoms with van der Waals surface area (Å²) in [6.45, 7) is 22.8. The maximum atomic E-state index is 12.6. The summed E-state index contributed by atoms with van der Waals surface area (Å²) in [4.78, 5) is 2.51. The Morgan fingerprint density at radius 2 is 1.72 bits per heavy atom. The molecule has 14 atom stereocenters. The van der Waals surface area contributed by atoms with Gasteiger partial charge in [0.1, 0.15) is 6.10 Å². The van der Waals surface area contributed by atoms with Gasteiger partial charge in [-0.05, 0) is 117 Å². The summed E-state index contributed by atoms with van der Waals surface area (Å²) < 4.78 is 31.7. The molecule has 3 saturated heterocycles. The molecule has 0 radical (unpaired) electrons. The Labute approximate surface area is 283 Å². The molecule has 0 amide bonds. The first-order valence-corrected chi connectivity index (χ1v) is 19.4. The first kappa shape index (κ1) is 33.8. The number of hydrogen-bond acceptors (Lipinski definition) is 8. The minimum Gasteiger partial charge on any atom is -0.390 e. The molecule has 2 spiro atoms. The molecule has 8 nitrogen and oxygen atoms in total. The summed E-state index contributed by atoms with van der Waals surface area (Å²) in [5.41, 5.74) is -0.435. The van der Waals surface area contributed by atoms with Gasteiger partial charge < -0.3 is 33.9 Å². The van der Waals surface area contributed by atoms with E-state index in [-0.39, 0.29) is 40.8 Å². The van der Waals surface area contributed by atoms with Crippen LogP contribution in [-0.2, 0) is 23.7 Å². The number of rotatable bonds is 7. The van der Waals surface area contributed by atoms with Crippen molar-refractivity contribution in [3.8, 4) is 0 Å². The highest BCUT2D eigenvalue weighted by molar-refractivity contribution is 5.33. The summed E-state index contributed by atoms with van der Waals surface area (Å²) in [6.07, 6.45) is 8.08. The highest BCUT2D eigenvalue weighted by atomic mass is 16.7. The molecule has 47 heavy (non-hydrogen) atoms. The molecule has 0 aromatic heterocycles. The third kappa shape index (κ3) is 4.53. The van der Waals surface area contributed by atoms with Gasteiger partial charge in [0.05, 0.1) is 62.4 Å². The fourth-order valence-electron chi connectivity index (χ4n) is 14.4. The molecule has 2 N–H and O–H groups in total. The first-order chi connectivity index (χ1) is 22.1. The maximum absolute atomic E-state index is 12.6. The molecule has 5 aliphatic carbocycles. The Bertz CT molecular complexity index is 1200. The molecule has 5 saturated carbocycles. The van der Waals surface area contributed by atoms with Gasteiger partial charge in [0.25, 0.3) is 0 Å². The van der Waals surface area contributed by atoms with Gasteiger partial charge in [-0.2, -0.15) is 0 Å². The van der Waals surface area contributed by atoms with Crippen LogP contribution in [0.2, 0.25) is 0 Å². The maximum Gasteiger partial charge on any atom is 0.170 e. The number of fused-ring (bicyclic) bond motifs is 4. The van der Waals surface area contributed by atoms with Gasteiger partial charge in [0.2, 0.25) is 0 Å². The first-order valence-electron chi connectivity index (χ1n) is 19.4. The van der Waals surface area contributed by atoms with E-state index in [0.29, 0.717) is 47.2 Å². The lowest BCUT2D eigenvalue weighted by Crippen LogP contribution is -2.60. The van der Waals surface area contributed by atoms with Crippen molar-refractivity contribution >= 4 is 0 Å². The van der Waals surface area contributed by atoms with E-state index in [1.165, 1.54) is 38.5 Å². The van der Waals surface area contributed by atoms with Crippen molar-refractivity contribution in [3.63, 3.8) is 0 Å². The summed E-state index contributed by atoms with van der Waals surface area (Å²) in [6, 6.07) is 0.522. The lowest BCUT2D eigenvalue weighted by Gasteiger charge is -2.64. The van der Waals surface area contributed by atoms with Crippen molar-refractivity contribution < 1.29 is 33.9 Å². The van der Waals surface area contributed by atoms with Crippen molar-refractivity contribution in [1.29, 1.82) is 0 Å². The highest BCUT2D eigenvalue weighted by Gasteiger charge is 2.84. The Kier molecular flexibility index (Phi) is 7.98. The molecule has 3 aliphatic heterocycles. The van der Waals surface area contributed by atoms with E-state index in [9.17, 15) is 10.2 Å². The van der Waals surface area contributed by atoms with Crippen LogP contribution in [0.25, 0.3) is 0 Å². The standard InChI is InChI=1S/C39H65NO7/c1-9-44-33(35(5,6)42)25-18-23(2)30-31(46-25)32(41)37(8)27-11-10-26-34(3,4)28(47-29-19-40(16-17-45-29)24-20-43-21-24)12-13-38(26)22-39(27,38)15-14-36(30,37)7/h23-33,41-42H,9-22H2,1-8H3/t23-,25-,26+,27?,28+,29+,30+,31+,32+,33+,36-,37-,38-,39+/m1/s1. The Morgan fingerprint density at radius 1 is 1.00 bits per heavy atom. The summed E-state index contributed by atoms with van der Waals surface area (Å²) >= 11 is 0. The monoisotopic (exact) mass is 659 g/mol. The average Bonchev–Trinajstić information content (AvgIpc) is 3.61. The predicted molar refractivity (Wildman–Crippen MR) is 179 cm³/mol. The minimum absolute atomic E-state index is 0.0232. The molecule has 8 aliphatic rings. The van der Waals surface area contributed by atoms with Crippen LogP contribution in [0, 0.1) is 50.7 Å². The number of nitrogens with zero attached hydrogens (tertiary/aromatic N) is 1. The lowest BCUT2D eigenvalue weighted by atomic mass is 9.41. The molecule has 1 unspecified atom stereocenters. The molecule has 0 aromatic rings. The zero-order valence-corrected chi connectivity index (χ0v) is 30.6. The van der Waals surface area contributed by atoms with Crippen LogP contribution in [0.5, 0.6) is 0 Å². The molecule has 8 rings (SSSR count). The molecule has 3 heterocycles. The topological polar surface area (TPSA) is 89.9 Å². The predicted octanol–water partition coefficient (Wildman–Crippen LogP) is 5.42. The van der Waals surface area contributed by atoms with Gasteiger partial charge in [-0.15, -0.1) is 0 Å².